The molecule has 4 nitrogen and oxygen atoms in total. The number of nitrogens with zero attached hydrogens (tertiary/aromatic N) is 1. The van der Waals surface area contributed by atoms with E-state index in [0.29, 0.717) is 24.8 Å². The van der Waals surface area contributed by atoms with E-state index in [0.717, 1.165) is 11.3 Å². The summed E-state index contributed by atoms with van der Waals surface area (Å²) in [5.41, 5.74) is 5.90. The minimum Gasteiger partial charge on any atom is -0.354 e. The van der Waals surface area contributed by atoms with E-state index in [4.69, 9.17) is 0 Å². The zero-order chi connectivity index (χ0) is 23.0. The molecule has 0 aliphatic rings. The molecular formula is C26H36N2O2S. The predicted octanol–water partition coefficient (Wildman–Crippen LogP) is 5.03. The molecular weight excluding hydrogens is 404 g/mol. The molecule has 1 unspecified atom stereocenters. The Hall–Kier alpha value is -2.27. The van der Waals surface area contributed by atoms with Crippen LogP contribution in [0.5, 0.6) is 0 Å². The molecule has 31 heavy (non-hydrogen) atoms. The zero-order valence-corrected chi connectivity index (χ0v) is 20.5. The van der Waals surface area contributed by atoms with Gasteiger partial charge in [0.1, 0.15) is 6.04 Å². The summed E-state index contributed by atoms with van der Waals surface area (Å²) in [6.45, 7) is 13.2. The average molecular weight is 441 g/mol. The van der Waals surface area contributed by atoms with Crippen LogP contribution in [-0.4, -0.2) is 35.1 Å². The third kappa shape index (κ3) is 8.41. The molecule has 2 aromatic carbocycles. The van der Waals surface area contributed by atoms with Gasteiger partial charge in [-0.3, -0.25) is 9.59 Å². The van der Waals surface area contributed by atoms with Gasteiger partial charge in [-0.2, -0.15) is 0 Å². The van der Waals surface area contributed by atoms with Crippen molar-refractivity contribution >= 4 is 23.6 Å². The Morgan fingerprint density at radius 3 is 2.10 bits per heavy atom. The van der Waals surface area contributed by atoms with E-state index in [2.05, 4.69) is 51.2 Å². The molecule has 0 aromatic heterocycles. The third-order valence-corrected chi connectivity index (χ3v) is 6.09. The fourth-order valence-corrected chi connectivity index (χ4v) is 4.26. The van der Waals surface area contributed by atoms with E-state index < -0.39 is 6.04 Å². The van der Waals surface area contributed by atoms with E-state index in [1.807, 2.05) is 38.1 Å². The second-order valence-corrected chi connectivity index (χ2v) is 9.80. The summed E-state index contributed by atoms with van der Waals surface area (Å²) >= 11 is 1.60. The van der Waals surface area contributed by atoms with E-state index in [-0.39, 0.29) is 11.8 Å². The van der Waals surface area contributed by atoms with Crippen LogP contribution in [-0.2, 0) is 21.9 Å². The van der Waals surface area contributed by atoms with Gasteiger partial charge in [-0.15, -0.1) is 11.8 Å². The number of hydrogen-bond acceptors (Lipinski definition) is 3. The van der Waals surface area contributed by atoms with Gasteiger partial charge in [0.2, 0.25) is 11.8 Å². The van der Waals surface area contributed by atoms with Crippen molar-refractivity contribution in [3.8, 4) is 0 Å². The normalized spacial score (nSPS) is 12.0. The average Bonchev–Trinajstić information content (AvgIpc) is 2.70. The van der Waals surface area contributed by atoms with E-state index >= 15 is 0 Å². The highest BCUT2D eigenvalue weighted by atomic mass is 32.2. The molecule has 2 rings (SSSR count). The standard InChI is InChI=1S/C26H36N2O2S/c1-18(2)14-27-26(30)22(6)28(15-23-9-7-19(3)8-10-23)25(29)17-31-16-24-12-20(4)11-21(5)13-24/h7-13,18,22H,14-17H2,1-6H3,(H,27,30). The lowest BCUT2D eigenvalue weighted by molar-refractivity contribution is -0.138. The molecule has 0 saturated heterocycles. The highest BCUT2D eigenvalue weighted by Gasteiger charge is 2.26. The molecule has 0 heterocycles. The van der Waals surface area contributed by atoms with E-state index in [1.165, 1.54) is 22.3 Å². The van der Waals surface area contributed by atoms with E-state index in [1.54, 1.807) is 16.7 Å². The van der Waals surface area contributed by atoms with Gasteiger partial charge in [-0.25, -0.2) is 0 Å². The van der Waals surface area contributed by atoms with Gasteiger partial charge in [0.25, 0.3) is 0 Å². The van der Waals surface area contributed by atoms with Crippen LogP contribution in [0.2, 0.25) is 0 Å². The maximum absolute atomic E-state index is 13.1. The summed E-state index contributed by atoms with van der Waals surface area (Å²) in [4.78, 5) is 27.5. The Morgan fingerprint density at radius 1 is 0.903 bits per heavy atom. The smallest absolute Gasteiger partial charge is 0.242 e. The third-order valence-electron chi connectivity index (χ3n) is 5.10. The summed E-state index contributed by atoms with van der Waals surface area (Å²) in [6, 6.07) is 14.1. The Bertz CT molecular complexity index is 857. The van der Waals surface area contributed by atoms with Crippen LogP contribution in [0.4, 0.5) is 0 Å². The second-order valence-electron chi connectivity index (χ2n) is 8.81. The fraction of sp³-hybridized carbons (Fsp3) is 0.462. The number of rotatable bonds is 10. The molecule has 0 saturated carbocycles. The number of thioether (sulfide) groups is 1. The Balaban J connectivity index is 2.06. The Morgan fingerprint density at radius 2 is 1.52 bits per heavy atom. The van der Waals surface area contributed by atoms with Gasteiger partial charge in [0.05, 0.1) is 5.75 Å². The summed E-state index contributed by atoms with van der Waals surface area (Å²) in [6.07, 6.45) is 0. The molecule has 2 aromatic rings. The molecule has 0 radical (unpaired) electrons. The van der Waals surface area contributed by atoms with Crippen LogP contribution >= 0.6 is 11.8 Å². The van der Waals surface area contributed by atoms with Crippen LogP contribution in [0, 0.1) is 26.7 Å². The number of carbonyl (C=O) groups is 2. The maximum atomic E-state index is 13.1. The molecule has 0 aliphatic carbocycles. The molecule has 0 spiro atoms. The molecule has 2 amide bonds. The fourth-order valence-electron chi connectivity index (χ4n) is 3.42. The van der Waals surface area contributed by atoms with E-state index in [9.17, 15) is 9.59 Å². The molecule has 0 aliphatic heterocycles. The van der Waals surface area contributed by atoms with Crippen molar-refractivity contribution in [1.82, 2.24) is 10.2 Å². The van der Waals surface area contributed by atoms with Gasteiger partial charge in [-0.1, -0.05) is 73.0 Å². The van der Waals surface area contributed by atoms with Gasteiger partial charge >= 0.3 is 0 Å². The lowest BCUT2D eigenvalue weighted by Crippen LogP contribution is -2.48. The predicted molar refractivity (Wildman–Crippen MR) is 131 cm³/mol. The van der Waals surface area contributed by atoms with Crippen LogP contribution in [0.25, 0.3) is 0 Å². The van der Waals surface area contributed by atoms with Crippen molar-refractivity contribution in [3.05, 3.63) is 70.3 Å². The molecule has 0 fully saturated rings. The van der Waals surface area contributed by atoms with Crippen LogP contribution < -0.4 is 5.32 Å². The number of carbonyl (C=O) groups excluding carboxylic acids is 2. The van der Waals surface area contributed by atoms with Gasteiger partial charge in [0, 0.05) is 18.8 Å². The van der Waals surface area contributed by atoms with Crippen molar-refractivity contribution in [2.24, 2.45) is 5.92 Å². The molecule has 0 bridgehead atoms. The highest BCUT2D eigenvalue weighted by Crippen LogP contribution is 2.18. The minimum atomic E-state index is -0.519. The first-order valence-corrected chi connectivity index (χ1v) is 12.1. The van der Waals surface area contributed by atoms with Crippen molar-refractivity contribution in [1.29, 1.82) is 0 Å². The minimum absolute atomic E-state index is 0.0119. The first kappa shape index (κ1) is 25.0. The number of amides is 2. The topological polar surface area (TPSA) is 49.4 Å². The molecule has 1 N–H and O–H groups in total. The van der Waals surface area contributed by atoms with Crippen molar-refractivity contribution in [2.45, 2.75) is 59.9 Å². The summed E-state index contributed by atoms with van der Waals surface area (Å²) < 4.78 is 0. The quantitative estimate of drug-likeness (QED) is 0.563. The van der Waals surface area contributed by atoms with Crippen molar-refractivity contribution in [2.75, 3.05) is 12.3 Å². The lowest BCUT2D eigenvalue weighted by atomic mass is 10.1. The SMILES string of the molecule is Cc1ccc(CN(C(=O)CSCc2cc(C)cc(C)c2)C(C)C(=O)NCC(C)C)cc1. The van der Waals surface area contributed by atoms with Crippen molar-refractivity contribution < 1.29 is 9.59 Å². The number of nitrogens with one attached hydrogen (secondary N) is 1. The van der Waals surface area contributed by atoms with Gasteiger partial charge in [-0.05, 0) is 44.7 Å². The molecule has 168 valence electrons. The van der Waals surface area contributed by atoms with Crippen molar-refractivity contribution in [3.63, 3.8) is 0 Å². The largest absolute Gasteiger partial charge is 0.354 e. The van der Waals surface area contributed by atoms with Crippen LogP contribution in [0.1, 0.15) is 48.6 Å². The summed E-state index contributed by atoms with van der Waals surface area (Å²) in [5, 5.41) is 2.97. The second kappa shape index (κ2) is 11.9. The zero-order valence-electron chi connectivity index (χ0n) is 19.7. The molecule has 5 heteroatoms. The number of hydrogen-bond donors (Lipinski definition) is 1. The molecule has 1 atom stereocenters. The Labute approximate surface area is 191 Å². The lowest BCUT2D eigenvalue weighted by Gasteiger charge is -2.29. The number of aryl methyl sites for hydroxylation is 3. The summed E-state index contributed by atoms with van der Waals surface area (Å²) in [7, 11) is 0. The van der Waals surface area contributed by atoms with Crippen LogP contribution in [0.15, 0.2) is 42.5 Å². The highest BCUT2D eigenvalue weighted by molar-refractivity contribution is 7.99. The number of benzene rings is 2. The van der Waals surface area contributed by atoms with Gasteiger partial charge in [0.15, 0.2) is 0 Å². The first-order chi connectivity index (χ1) is 14.7. The maximum Gasteiger partial charge on any atom is 0.242 e. The Kier molecular flexibility index (Phi) is 9.63. The summed E-state index contributed by atoms with van der Waals surface area (Å²) in [5.74, 6) is 1.38. The van der Waals surface area contributed by atoms with Gasteiger partial charge < -0.3 is 10.2 Å². The monoisotopic (exact) mass is 440 g/mol. The van der Waals surface area contributed by atoms with Crippen LogP contribution in [0.3, 0.4) is 0 Å². The first-order valence-electron chi connectivity index (χ1n) is 10.9.